The van der Waals surface area contributed by atoms with E-state index in [1.807, 2.05) is 0 Å². The van der Waals surface area contributed by atoms with E-state index in [0.717, 1.165) is 19.1 Å². The van der Waals surface area contributed by atoms with Crippen LogP contribution in [0, 0.1) is 0 Å². The molecule has 0 aromatic heterocycles. The second-order valence-electron chi connectivity index (χ2n) is 3.19. The molecule has 1 heteroatoms. The van der Waals surface area contributed by atoms with Gasteiger partial charge in [0.2, 0.25) is 0 Å². The first-order chi connectivity index (χ1) is 5.43. The molecule has 0 saturated carbocycles. The second-order valence-corrected chi connectivity index (χ2v) is 3.19. The van der Waals surface area contributed by atoms with Gasteiger partial charge < -0.3 is 4.79 Å². The van der Waals surface area contributed by atoms with Crippen molar-refractivity contribution in [2.24, 2.45) is 0 Å². The van der Waals surface area contributed by atoms with E-state index in [0.29, 0.717) is 0 Å². The molecular formula is C10H16O. The summed E-state index contributed by atoms with van der Waals surface area (Å²) in [4.78, 5) is 9.95. The molecule has 0 heterocycles. The van der Waals surface area contributed by atoms with Crippen LogP contribution in [0.15, 0.2) is 11.6 Å². The Bertz CT molecular complexity index is 147. The first-order valence-electron chi connectivity index (χ1n) is 4.55. The van der Waals surface area contributed by atoms with Crippen molar-refractivity contribution < 1.29 is 4.79 Å². The summed E-state index contributed by atoms with van der Waals surface area (Å²) >= 11 is 0. The lowest BCUT2D eigenvalue weighted by Crippen LogP contribution is -1.79. The average molecular weight is 152 g/mol. The number of hydrogen-bond acceptors (Lipinski definition) is 1. The van der Waals surface area contributed by atoms with Gasteiger partial charge in [-0.2, -0.15) is 0 Å². The minimum absolute atomic E-state index is 0.753. The van der Waals surface area contributed by atoms with Crippen molar-refractivity contribution in [2.45, 2.75) is 44.9 Å². The average Bonchev–Trinajstić information content (AvgIpc) is 2.80. The minimum atomic E-state index is 0.753. The number of carbonyl (C=O) groups excluding carboxylic acids is 1. The fraction of sp³-hybridized carbons (Fsp3) is 0.700. The number of carbonyl (C=O) groups is 1. The number of aldehydes is 1. The van der Waals surface area contributed by atoms with Gasteiger partial charge in [0, 0.05) is 6.42 Å². The predicted octanol–water partition coefficient (Wildman–Crippen LogP) is 2.86. The zero-order valence-corrected chi connectivity index (χ0v) is 7.01. The summed E-state index contributed by atoms with van der Waals surface area (Å²) in [7, 11) is 0. The van der Waals surface area contributed by atoms with E-state index in [-0.39, 0.29) is 0 Å². The standard InChI is InChI=1S/C10H16O/c11-9-5-3-1-2-4-6-10-7-8-10/h7,9H,1-6,8H2. The molecule has 0 saturated heterocycles. The first-order valence-corrected chi connectivity index (χ1v) is 4.55. The number of unbranched alkanes of at least 4 members (excludes halogenated alkanes) is 4. The molecule has 1 nitrogen and oxygen atoms in total. The number of rotatable bonds is 7. The maximum absolute atomic E-state index is 9.95. The second kappa shape index (κ2) is 5.11. The molecule has 11 heavy (non-hydrogen) atoms. The monoisotopic (exact) mass is 152 g/mol. The maximum atomic E-state index is 9.95. The summed E-state index contributed by atoms with van der Waals surface area (Å²) in [5, 5.41) is 0. The lowest BCUT2D eigenvalue weighted by molar-refractivity contribution is -0.107. The molecular weight excluding hydrogens is 136 g/mol. The molecule has 1 rings (SSSR count). The van der Waals surface area contributed by atoms with Crippen LogP contribution >= 0.6 is 0 Å². The Kier molecular flexibility index (Phi) is 3.95. The molecule has 1 aliphatic carbocycles. The molecule has 0 N–H and O–H groups in total. The van der Waals surface area contributed by atoms with Gasteiger partial charge in [0.25, 0.3) is 0 Å². The number of hydrogen-bond donors (Lipinski definition) is 0. The third-order valence-electron chi connectivity index (χ3n) is 2.06. The molecule has 0 fully saturated rings. The lowest BCUT2D eigenvalue weighted by Gasteiger charge is -1.95. The van der Waals surface area contributed by atoms with Crippen LogP contribution in [0.25, 0.3) is 0 Å². The smallest absolute Gasteiger partial charge is 0.119 e. The van der Waals surface area contributed by atoms with E-state index in [2.05, 4.69) is 6.08 Å². The highest BCUT2D eigenvalue weighted by Crippen LogP contribution is 2.24. The summed E-state index contributed by atoms with van der Waals surface area (Å²) in [6.07, 6.45) is 11.6. The minimum Gasteiger partial charge on any atom is -0.303 e. The number of allylic oxidation sites excluding steroid dienone is 2. The Hall–Kier alpha value is -0.590. The Morgan fingerprint density at radius 1 is 1.27 bits per heavy atom. The summed E-state index contributed by atoms with van der Waals surface area (Å²) in [5.74, 6) is 0. The van der Waals surface area contributed by atoms with Crippen LogP contribution in [0.5, 0.6) is 0 Å². The molecule has 0 spiro atoms. The molecule has 0 aliphatic heterocycles. The largest absolute Gasteiger partial charge is 0.303 e. The van der Waals surface area contributed by atoms with Crippen LogP contribution in [0.3, 0.4) is 0 Å². The third kappa shape index (κ3) is 4.77. The third-order valence-corrected chi connectivity index (χ3v) is 2.06. The van der Waals surface area contributed by atoms with Crippen molar-refractivity contribution in [1.82, 2.24) is 0 Å². The van der Waals surface area contributed by atoms with Crippen molar-refractivity contribution in [3.05, 3.63) is 11.6 Å². The van der Waals surface area contributed by atoms with Crippen molar-refractivity contribution >= 4 is 6.29 Å². The predicted molar refractivity (Wildman–Crippen MR) is 46.5 cm³/mol. The zero-order chi connectivity index (χ0) is 7.94. The topological polar surface area (TPSA) is 17.1 Å². The highest BCUT2D eigenvalue weighted by atomic mass is 16.1. The Balaban J connectivity index is 1.72. The molecule has 0 amide bonds. The fourth-order valence-electron chi connectivity index (χ4n) is 1.21. The molecule has 0 aromatic carbocycles. The summed E-state index contributed by atoms with van der Waals surface area (Å²) in [5.41, 5.74) is 1.64. The molecule has 1 aliphatic rings. The van der Waals surface area contributed by atoms with Crippen LogP contribution in [0.2, 0.25) is 0 Å². The summed E-state index contributed by atoms with van der Waals surface area (Å²) in [6, 6.07) is 0. The van der Waals surface area contributed by atoms with Crippen molar-refractivity contribution in [2.75, 3.05) is 0 Å². The van der Waals surface area contributed by atoms with Gasteiger partial charge in [-0.25, -0.2) is 0 Å². The molecule has 0 aromatic rings. The van der Waals surface area contributed by atoms with Gasteiger partial charge in [-0.15, -0.1) is 0 Å². The van der Waals surface area contributed by atoms with Gasteiger partial charge in [0.1, 0.15) is 6.29 Å². The Morgan fingerprint density at radius 2 is 2.00 bits per heavy atom. The highest BCUT2D eigenvalue weighted by Gasteiger charge is 2.04. The van der Waals surface area contributed by atoms with E-state index in [9.17, 15) is 4.79 Å². The van der Waals surface area contributed by atoms with Crippen molar-refractivity contribution in [1.29, 1.82) is 0 Å². The van der Waals surface area contributed by atoms with Gasteiger partial charge in [-0.1, -0.05) is 24.5 Å². The molecule has 62 valence electrons. The summed E-state index contributed by atoms with van der Waals surface area (Å²) in [6.45, 7) is 0. The molecule has 0 unspecified atom stereocenters. The summed E-state index contributed by atoms with van der Waals surface area (Å²) < 4.78 is 0. The first kappa shape index (κ1) is 8.51. The Morgan fingerprint density at radius 3 is 2.64 bits per heavy atom. The highest BCUT2D eigenvalue weighted by molar-refractivity contribution is 5.48. The van der Waals surface area contributed by atoms with Crippen LogP contribution in [-0.4, -0.2) is 6.29 Å². The maximum Gasteiger partial charge on any atom is 0.119 e. The molecule has 0 atom stereocenters. The van der Waals surface area contributed by atoms with E-state index < -0.39 is 0 Å². The van der Waals surface area contributed by atoms with E-state index in [4.69, 9.17) is 0 Å². The van der Waals surface area contributed by atoms with E-state index in [1.165, 1.54) is 32.1 Å². The molecule has 0 radical (unpaired) electrons. The Labute approximate surface area is 68.5 Å². The van der Waals surface area contributed by atoms with Crippen molar-refractivity contribution in [3.8, 4) is 0 Å². The van der Waals surface area contributed by atoms with Crippen LogP contribution in [0.4, 0.5) is 0 Å². The van der Waals surface area contributed by atoms with Gasteiger partial charge in [-0.05, 0) is 25.7 Å². The van der Waals surface area contributed by atoms with Crippen LogP contribution < -0.4 is 0 Å². The SMILES string of the molecule is O=CCCCCCCC1=CC1. The quantitative estimate of drug-likeness (QED) is 0.311. The van der Waals surface area contributed by atoms with Gasteiger partial charge in [-0.3, -0.25) is 0 Å². The van der Waals surface area contributed by atoms with E-state index in [1.54, 1.807) is 5.57 Å². The van der Waals surface area contributed by atoms with Gasteiger partial charge in [0.05, 0.1) is 0 Å². The van der Waals surface area contributed by atoms with Crippen LogP contribution in [0.1, 0.15) is 44.9 Å². The normalized spacial score (nSPS) is 14.4. The van der Waals surface area contributed by atoms with E-state index >= 15 is 0 Å². The van der Waals surface area contributed by atoms with Gasteiger partial charge in [0.15, 0.2) is 0 Å². The van der Waals surface area contributed by atoms with Crippen LogP contribution in [-0.2, 0) is 4.79 Å². The molecule has 0 bridgehead atoms. The van der Waals surface area contributed by atoms with Crippen molar-refractivity contribution in [3.63, 3.8) is 0 Å². The van der Waals surface area contributed by atoms with Gasteiger partial charge >= 0.3 is 0 Å². The lowest BCUT2D eigenvalue weighted by atomic mass is 10.1. The zero-order valence-electron chi connectivity index (χ0n) is 7.01. The fourth-order valence-corrected chi connectivity index (χ4v) is 1.21.